The molecule has 1 saturated carbocycles. The Labute approximate surface area is 209 Å². The van der Waals surface area contributed by atoms with Crippen LogP contribution in [0.25, 0.3) is 10.9 Å². The number of hydrogen-bond donors (Lipinski definition) is 1. The van der Waals surface area contributed by atoms with Gasteiger partial charge in [-0.05, 0) is 61.6 Å². The van der Waals surface area contributed by atoms with E-state index < -0.39 is 5.82 Å². The summed E-state index contributed by atoms with van der Waals surface area (Å²) in [5.41, 5.74) is 2.49. The smallest absolute Gasteiger partial charge is 0.159 e. The van der Waals surface area contributed by atoms with E-state index in [1.807, 2.05) is 12.1 Å². The Hall–Kier alpha value is -3.03. The van der Waals surface area contributed by atoms with Gasteiger partial charge in [0.25, 0.3) is 0 Å². The lowest BCUT2D eigenvalue weighted by atomic mass is 9.98. The number of ether oxygens (including phenoxy) is 1. The van der Waals surface area contributed by atoms with E-state index in [-0.39, 0.29) is 17.2 Å². The zero-order valence-electron chi connectivity index (χ0n) is 19.9. The van der Waals surface area contributed by atoms with E-state index in [2.05, 4.69) is 27.1 Å². The number of halogens is 2. The third-order valence-corrected chi connectivity index (χ3v) is 7.46. The normalized spacial score (nSPS) is 21.8. The Morgan fingerprint density at radius 2 is 2.20 bits per heavy atom. The number of rotatable bonds is 8. The largest absolute Gasteiger partial charge is 0.496 e. The first-order chi connectivity index (χ1) is 16.9. The second-order valence-corrected chi connectivity index (χ2v) is 10.1. The molecule has 2 heterocycles. The summed E-state index contributed by atoms with van der Waals surface area (Å²) in [4.78, 5) is 24.0. The highest BCUT2D eigenvalue weighted by molar-refractivity contribution is 6.31. The Kier molecular flexibility index (Phi) is 6.47. The van der Waals surface area contributed by atoms with Gasteiger partial charge < -0.3 is 10.1 Å². The summed E-state index contributed by atoms with van der Waals surface area (Å²) >= 11 is 5.92. The van der Waals surface area contributed by atoms with Gasteiger partial charge in [-0.15, -0.1) is 0 Å². The molecule has 3 aromatic rings. The van der Waals surface area contributed by atoms with Gasteiger partial charge in [0.1, 0.15) is 23.7 Å². The summed E-state index contributed by atoms with van der Waals surface area (Å²) < 4.78 is 19.1. The summed E-state index contributed by atoms with van der Waals surface area (Å²) in [6, 6.07) is 8.71. The van der Waals surface area contributed by atoms with Crippen molar-refractivity contribution >= 4 is 39.8 Å². The summed E-state index contributed by atoms with van der Waals surface area (Å²) in [5, 5.41) is 3.91. The number of likely N-dealkylation sites (tertiary alicyclic amines) is 1. The average molecular weight is 495 g/mol. The van der Waals surface area contributed by atoms with Crippen LogP contribution in [0, 0.1) is 11.2 Å². The number of fused-ring (bicyclic) bond motifs is 2. The summed E-state index contributed by atoms with van der Waals surface area (Å²) in [5.74, 6) is 0.644. The number of piperidine rings is 1. The van der Waals surface area contributed by atoms with Gasteiger partial charge in [0.2, 0.25) is 0 Å². The minimum atomic E-state index is -0.491. The monoisotopic (exact) mass is 494 g/mol. The molecular weight excluding hydrogens is 467 g/mol. The summed E-state index contributed by atoms with van der Waals surface area (Å²) in [6.45, 7) is 4.28. The molecule has 2 aliphatic rings. The van der Waals surface area contributed by atoms with Gasteiger partial charge in [0, 0.05) is 41.7 Å². The SMILES string of the molecule is COc1cc2ncnc(Nc3ccc(F)c(Cl)c3)c2cc1CC(=O)/C=C/CN1CCCC2(C)CC12. The predicted octanol–water partition coefficient (Wildman–Crippen LogP) is 5.72. The summed E-state index contributed by atoms with van der Waals surface area (Å²) in [6.07, 6.45) is 9.11. The van der Waals surface area contributed by atoms with Crippen LogP contribution in [0.3, 0.4) is 0 Å². The van der Waals surface area contributed by atoms with Gasteiger partial charge in [0.15, 0.2) is 5.78 Å². The molecule has 1 saturated heterocycles. The molecule has 5 rings (SSSR count). The number of carbonyl (C=O) groups excluding carboxylic acids is 1. The predicted molar refractivity (Wildman–Crippen MR) is 136 cm³/mol. The van der Waals surface area contributed by atoms with Crippen LogP contribution in [0.5, 0.6) is 5.75 Å². The first-order valence-electron chi connectivity index (χ1n) is 11.8. The van der Waals surface area contributed by atoms with E-state index in [9.17, 15) is 9.18 Å². The standard InChI is InChI=1S/C27H28ClFN4O2/c1-27-8-4-10-33(25(27)15-27)9-3-5-19(34)11-17-12-20-23(14-24(17)35-2)30-16-31-26(20)32-18-6-7-22(29)21(28)13-18/h3,5-7,12-14,16,25H,4,8-11,15H2,1-2H3,(H,30,31,32)/b5-3+. The van der Waals surface area contributed by atoms with Crippen LogP contribution in [0.2, 0.25) is 5.02 Å². The number of nitrogens with zero attached hydrogens (tertiary/aromatic N) is 3. The molecule has 1 aliphatic carbocycles. The molecule has 2 atom stereocenters. The van der Waals surface area contributed by atoms with Crippen molar-refractivity contribution in [3.63, 3.8) is 0 Å². The third kappa shape index (κ3) is 5.02. The Morgan fingerprint density at radius 3 is 3.00 bits per heavy atom. The van der Waals surface area contributed by atoms with E-state index in [1.54, 1.807) is 25.3 Å². The van der Waals surface area contributed by atoms with Crippen molar-refractivity contribution in [2.45, 2.75) is 38.6 Å². The molecule has 8 heteroatoms. The van der Waals surface area contributed by atoms with Crippen molar-refractivity contribution in [1.82, 2.24) is 14.9 Å². The van der Waals surface area contributed by atoms with Crippen LogP contribution in [0.1, 0.15) is 31.7 Å². The van der Waals surface area contributed by atoms with Gasteiger partial charge in [-0.25, -0.2) is 14.4 Å². The fourth-order valence-electron chi connectivity index (χ4n) is 5.11. The maximum atomic E-state index is 13.5. The fraction of sp³-hybridized carbons (Fsp3) is 0.370. The minimum absolute atomic E-state index is 0.00916. The number of hydrogen-bond acceptors (Lipinski definition) is 6. The van der Waals surface area contributed by atoms with Gasteiger partial charge in [-0.3, -0.25) is 9.69 Å². The van der Waals surface area contributed by atoms with Crippen LogP contribution in [0.15, 0.2) is 48.8 Å². The lowest BCUT2D eigenvalue weighted by Gasteiger charge is -2.29. The Bertz CT molecular complexity index is 1310. The second kappa shape index (κ2) is 9.55. The maximum absolute atomic E-state index is 13.5. The molecule has 35 heavy (non-hydrogen) atoms. The van der Waals surface area contributed by atoms with Crippen LogP contribution in [-0.2, 0) is 11.2 Å². The fourth-order valence-corrected chi connectivity index (χ4v) is 5.30. The lowest BCUT2D eigenvalue weighted by molar-refractivity contribution is -0.114. The third-order valence-electron chi connectivity index (χ3n) is 7.17. The van der Waals surface area contributed by atoms with Crippen molar-refractivity contribution in [2.75, 3.05) is 25.5 Å². The summed E-state index contributed by atoms with van der Waals surface area (Å²) in [7, 11) is 1.58. The number of carbonyl (C=O) groups is 1. The number of anilines is 2. The molecule has 182 valence electrons. The maximum Gasteiger partial charge on any atom is 0.159 e. The van der Waals surface area contributed by atoms with Gasteiger partial charge in [-0.1, -0.05) is 24.6 Å². The number of ketones is 1. The van der Waals surface area contributed by atoms with Crippen LogP contribution >= 0.6 is 11.6 Å². The van der Waals surface area contributed by atoms with E-state index in [4.69, 9.17) is 16.3 Å². The van der Waals surface area contributed by atoms with Gasteiger partial charge >= 0.3 is 0 Å². The first kappa shape index (κ1) is 23.7. The van der Waals surface area contributed by atoms with Gasteiger partial charge in [0.05, 0.1) is 17.6 Å². The number of aromatic nitrogens is 2. The molecular formula is C27H28ClFN4O2. The molecule has 0 radical (unpaired) electrons. The van der Waals surface area contributed by atoms with Crippen LogP contribution in [-0.4, -0.2) is 46.9 Å². The average Bonchev–Trinajstić information content (AvgIpc) is 3.54. The second-order valence-electron chi connectivity index (χ2n) is 9.68. The molecule has 0 bridgehead atoms. The Balaban J connectivity index is 1.33. The Morgan fingerprint density at radius 1 is 1.34 bits per heavy atom. The van der Waals surface area contributed by atoms with E-state index >= 15 is 0 Å². The number of allylic oxidation sites excluding steroid dienone is 1. The molecule has 2 aromatic carbocycles. The van der Waals surface area contributed by atoms with E-state index in [1.165, 1.54) is 37.7 Å². The van der Waals surface area contributed by atoms with Crippen LogP contribution < -0.4 is 10.1 Å². The topological polar surface area (TPSA) is 67.4 Å². The van der Waals surface area contributed by atoms with Crippen molar-refractivity contribution in [1.29, 1.82) is 0 Å². The van der Waals surface area contributed by atoms with Crippen molar-refractivity contribution in [3.05, 3.63) is 65.2 Å². The van der Waals surface area contributed by atoms with Gasteiger partial charge in [-0.2, -0.15) is 0 Å². The first-order valence-corrected chi connectivity index (χ1v) is 12.2. The molecule has 1 aromatic heterocycles. The molecule has 0 amide bonds. The van der Waals surface area contributed by atoms with Crippen molar-refractivity contribution < 1.29 is 13.9 Å². The molecule has 6 nitrogen and oxygen atoms in total. The highest BCUT2D eigenvalue weighted by Crippen LogP contribution is 2.55. The number of methoxy groups -OCH3 is 1. The zero-order chi connectivity index (χ0) is 24.6. The zero-order valence-corrected chi connectivity index (χ0v) is 20.6. The molecule has 2 unspecified atom stereocenters. The highest BCUT2D eigenvalue weighted by Gasteiger charge is 2.54. The van der Waals surface area contributed by atoms with Crippen molar-refractivity contribution in [2.24, 2.45) is 5.41 Å². The van der Waals surface area contributed by atoms with E-state index in [0.29, 0.717) is 34.2 Å². The number of nitrogens with one attached hydrogen (secondary N) is 1. The van der Waals surface area contributed by atoms with Crippen LogP contribution in [0.4, 0.5) is 15.9 Å². The lowest BCUT2D eigenvalue weighted by Crippen LogP contribution is -2.34. The minimum Gasteiger partial charge on any atom is -0.496 e. The molecule has 1 aliphatic heterocycles. The quantitative estimate of drug-likeness (QED) is 0.404. The molecule has 0 spiro atoms. The highest BCUT2D eigenvalue weighted by atomic mass is 35.5. The molecule has 2 fully saturated rings. The van der Waals surface area contributed by atoms with Crippen molar-refractivity contribution in [3.8, 4) is 5.75 Å². The van der Waals surface area contributed by atoms with E-state index in [0.717, 1.165) is 24.0 Å². The number of benzene rings is 2. The molecule has 1 N–H and O–H groups in total.